The van der Waals surface area contributed by atoms with Gasteiger partial charge < -0.3 is 51.9 Å². The number of likely N-dealkylation sites (N-methyl/N-ethyl adjacent to an activating group) is 2. The van der Waals surface area contributed by atoms with Crippen molar-refractivity contribution in [2.45, 2.75) is 38.3 Å². The molecule has 0 aromatic rings. The third-order valence-electron chi connectivity index (χ3n) is 3.26. The average Bonchev–Trinajstić information content (AvgIpc) is 2.55. The Balaban J connectivity index is -0.000000189. The summed E-state index contributed by atoms with van der Waals surface area (Å²) in [6.07, 6.45) is 0.0607. The zero-order valence-electron chi connectivity index (χ0n) is 21.7. The van der Waals surface area contributed by atoms with Crippen LogP contribution in [0.1, 0.15) is 26.2 Å². The quantitative estimate of drug-likeness (QED) is 0.0619. The second-order valence-electron chi connectivity index (χ2n) is 9.50. The van der Waals surface area contributed by atoms with Crippen LogP contribution in [0.15, 0.2) is 0 Å². The standard InChI is InChI=1S/C7H15NO3.C6H14N4O2.C5H14NO.C2H5NO/c1-8(2,3)5-6(9)4-7(10)11;7-4(5(11)12)2-1-3-10-6(8)9;1-6(2,3)4-5-7;1-2(3)4/h6,9H,4-5H2,1-3H3;4H,1-3,7H2,(H,11,12)(H4,8,9,10);7H,4-5H2,1-3H3;1H3,(H2,3,4)/q;;+1;/p+1. The molecule has 14 heteroatoms. The van der Waals surface area contributed by atoms with Gasteiger partial charge in [-0.3, -0.25) is 19.8 Å². The van der Waals surface area contributed by atoms with E-state index < -0.39 is 24.1 Å². The smallest absolute Gasteiger partial charge is 0.320 e. The first kappa shape index (κ1) is 38.7. The highest BCUT2D eigenvalue weighted by Gasteiger charge is 2.17. The summed E-state index contributed by atoms with van der Waals surface area (Å²) in [5.74, 6) is -2.40. The first-order valence-electron chi connectivity index (χ1n) is 10.6. The fourth-order valence-corrected chi connectivity index (χ4v) is 1.87. The van der Waals surface area contributed by atoms with E-state index in [0.29, 0.717) is 30.4 Å². The number of nitrogens with one attached hydrogen (secondary N) is 2. The number of hydrogen-bond donors (Lipinski definition) is 9. The SMILES string of the molecule is CC(N)=O.C[N+](C)(C)CC(O)CC(=O)O.C[N+](C)(C)CCO.N=C(N)NCCCC(N)C(=O)O. The third-order valence-corrected chi connectivity index (χ3v) is 3.26. The molecule has 0 aromatic carbocycles. The predicted molar refractivity (Wildman–Crippen MR) is 131 cm³/mol. The molecule has 2 unspecified atom stereocenters. The number of aliphatic carboxylic acids is 2. The van der Waals surface area contributed by atoms with Crippen LogP contribution in [0.4, 0.5) is 0 Å². The minimum absolute atomic E-state index is 0.112. The summed E-state index contributed by atoms with van der Waals surface area (Å²) in [4.78, 5) is 29.6. The molecule has 0 heterocycles. The summed E-state index contributed by atoms with van der Waals surface area (Å²) < 4.78 is 1.42. The van der Waals surface area contributed by atoms with Gasteiger partial charge in [0, 0.05) is 13.5 Å². The number of primary amides is 1. The molecule has 14 nitrogen and oxygen atoms in total. The summed E-state index contributed by atoms with van der Waals surface area (Å²) in [5, 5.41) is 43.6. The van der Waals surface area contributed by atoms with Crippen LogP contribution in [0, 0.1) is 5.41 Å². The van der Waals surface area contributed by atoms with E-state index in [1.807, 2.05) is 21.1 Å². The number of rotatable bonds is 11. The van der Waals surface area contributed by atoms with Crippen LogP contribution < -0.4 is 22.5 Å². The lowest BCUT2D eigenvalue weighted by Gasteiger charge is -2.25. The van der Waals surface area contributed by atoms with Crippen molar-refractivity contribution in [1.29, 1.82) is 5.41 Å². The van der Waals surface area contributed by atoms with E-state index in [9.17, 15) is 14.4 Å². The summed E-state index contributed by atoms with van der Waals surface area (Å²) in [7, 11) is 11.9. The van der Waals surface area contributed by atoms with E-state index >= 15 is 0 Å². The van der Waals surface area contributed by atoms with Crippen molar-refractivity contribution in [3.63, 3.8) is 0 Å². The lowest BCUT2D eigenvalue weighted by atomic mass is 10.2. The van der Waals surface area contributed by atoms with Gasteiger partial charge in [-0.15, -0.1) is 0 Å². The number of quaternary nitrogens is 2. The number of carboxylic acids is 2. The molecule has 0 saturated heterocycles. The van der Waals surface area contributed by atoms with Gasteiger partial charge in [-0.25, -0.2) is 0 Å². The Morgan fingerprint density at radius 1 is 1.00 bits per heavy atom. The first-order chi connectivity index (χ1) is 15.1. The summed E-state index contributed by atoms with van der Waals surface area (Å²) in [6.45, 7) is 3.37. The van der Waals surface area contributed by atoms with Gasteiger partial charge in [0.25, 0.3) is 0 Å². The van der Waals surface area contributed by atoms with Crippen LogP contribution >= 0.6 is 0 Å². The van der Waals surface area contributed by atoms with Gasteiger partial charge in [-0.1, -0.05) is 0 Å². The third kappa shape index (κ3) is 51.8. The van der Waals surface area contributed by atoms with Gasteiger partial charge in [0.1, 0.15) is 25.2 Å². The molecule has 0 aliphatic rings. The molecular weight excluding hydrogens is 450 g/mol. The molecule has 0 aliphatic heterocycles. The van der Waals surface area contributed by atoms with Crippen molar-refractivity contribution in [3.8, 4) is 0 Å². The van der Waals surface area contributed by atoms with Crippen LogP contribution in [0.2, 0.25) is 0 Å². The first-order valence-corrected chi connectivity index (χ1v) is 10.6. The molecule has 0 spiro atoms. The molecule has 204 valence electrons. The van der Waals surface area contributed by atoms with Crippen molar-refractivity contribution in [1.82, 2.24) is 5.32 Å². The van der Waals surface area contributed by atoms with E-state index in [-0.39, 0.29) is 24.9 Å². The molecule has 2 atom stereocenters. The molecule has 0 aromatic heterocycles. The molecule has 12 N–H and O–H groups in total. The van der Waals surface area contributed by atoms with Crippen LogP contribution in [0.3, 0.4) is 0 Å². The second-order valence-corrected chi connectivity index (χ2v) is 9.50. The maximum Gasteiger partial charge on any atom is 0.320 e. The zero-order chi connectivity index (χ0) is 28.1. The van der Waals surface area contributed by atoms with Crippen molar-refractivity contribution < 1.29 is 43.8 Å². The fourth-order valence-electron chi connectivity index (χ4n) is 1.87. The van der Waals surface area contributed by atoms with Crippen LogP contribution in [-0.2, 0) is 14.4 Å². The van der Waals surface area contributed by atoms with E-state index in [4.69, 9.17) is 37.3 Å². The molecule has 0 saturated carbocycles. The number of nitrogens with zero attached hydrogens (tertiary/aromatic N) is 2. The molecule has 0 radical (unpaired) electrons. The van der Waals surface area contributed by atoms with Crippen molar-refractivity contribution in [2.75, 3.05) is 68.5 Å². The largest absolute Gasteiger partial charge is 0.481 e. The van der Waals surface area contributed by atoms with Gasteiger partial charge in [0.05, 0.1) is 55.3 Å². The minimum Gasteiger partial charge on any atom is -0.481 e. The van der Waals surface area contributed by atoms with Crippen LogP contribution in [-0.4, -0.2) is 134 Å². The maximum atomic E-state index is 10.2. The van der Waals surface area contributed by atoms with Crippen molar-refractivity contribution >= 4 is 23.8 Å². The average molecular weight is 500 g/mol. The summed E-state index contributed by atoms with van der Waals surface area (Å²) in [6, 6.07) is -0.821. The fraction of sp³-hybridized carbons (Fsp3) is 0.800. The number of hydrogen-bond acceptors (Lipinski definition) is 7. The highest BCUT2D eigenvalue weighted by molar-refractivity contribution is 5.74. The van der Waals surface area contributed by atoms with Gasteiger partial charge in [0.15, 0.2) is 5.96 Å². The number of aliphatic hydroxyl groups excluding tert-OH is 2. The Kier molecular flexibility index (Phi) is 24.0. The van der Waals surface area contributed by atoms with Gasteiger partial charge in [0.2, 0.25) is 5.91 Å². The molecule has 34 heavy (non-hydrogen) atoms. The van der Waals surface area contributed by atoms with Gasteiger partial charge in [-0.2, -0.15) is 0 Å². The minimum atomic E-state index is -1.00. The summed E-state index contributed by atoms with van der Waals surface area (Å²) >= 11 is 0. The number of carboxylic acid groups (broad SMARTS) is 2. The summed E-state index contributed by atoms with van der Waals surface area (Å²) in [5.41, 5.74) is 14.7. The molecule has 0 bridgehead atoms. The monoisotopic (exact) mass is 499 g/mol. The number of guanidine groups is 1. The number of carbonyl (C=O) groups is 3. The topological polar surface area (TPSA) is 246 Å². The molecule has 0 aliphatic carbocycles. The molecular formula is C20H49N7O7+2. The zero-order valence-corrected chi connectivity index (χ0v) is 21.7. The normalized spacial score (nSPS) is 12.2. The van der Waals surface area contributed by atoms with E-state index in [2.05, 4.69) is 32.2 Å². The highest BCUT2D eigenvalue weighted by atomic mass is 16.4. The Labute approximate surface area is 203 Å². The van der Waals surface area contributed by atoms with E-state index in [1.54, 1.807) is 0 Å². The Morgan fingerprint density at radius 2 is 1.44 bits per heavy atom. The lowest BCUT2D eigenvalue weighted by Crippen LogP contribution is -2.42. The van der Waals surface area contributed by atoms with Crippen molar-refractivity contribution in [2.24, 2.45) is 17.2 Å². The van der Waals surface area contributed by atoms with Crippen LogP contribution in [0.5, 0.6) is 0 Å². The van der Waals surface area contributed by atoms with Gasteiger partial charge in [-0.05, 0) is 12.8 Å². The number of aliphatic hydroxyl groups is 2. The van der Waals surface area contributed by atoms with Crippen molar-refractivity contribution in [3.05, 3.63) is 0 Å². The van der Waals surface area contributed by atoms with Gasteiger partial charge >= 0.3 is 11.9 Å². The number of carbonyl (C=O) groups excluding carboxylic acids is 1. The van der Waals surface area contributed by atoms with Crippen LogP contribution in [0.25, 0.3) is 0 Å². The number of nitrogens with two attached hydrogens (primary N) is 3. The highest BCUT2D eigenvalue weighted by Crippen LogP contribution is 1.98. The Bertz CT molecular complexity index is 573. The lowest BCUT2D eigenvalue weighted by molar-refractivity contribution is -0.873. The Morgan fingerprint density at radius 3 is 1.68 bits per heavy atom. The van der Waals surface area contributed by atoms with E-state index in [1.165, 1.54) is 6.92 Å². The molecule has 0 rings (SSSR count). The predicted octanol–water partition coefficient (Wildman–Crippen LogP) is -2.63. The Hall–Kier alpha value is -2.52. The molecule has 1 amide bonds. The maximum absolute atomic E-state index is 10.2. The molecule has 0 fully saturated rings. The van der Waals surface area contributed by atoms with E-state index in [0.717, 1.165) is 11.0 Å². The number of amides is 1. The second kappa shape index (κ2) is 21.0.